The minimum Gasteiger partial charge on any atom is -0.349 e. The number of hydrogen-bond donors (Lipinski definition) is 1. The van der Waals surface area contributed by atoms with Gasteiger partial charge in [0.1, 0.15) is 0 Å². The topological polar surface area (TPSA) is 46.2 Å². The van der Waals surface area contributed by atoms with Gasteiger partial charge in [-0.05, 0) is 12.3 Å². The summed E-state index contributed by atoms with van der Waals surface area (Å²) < 4.78 is 0. The zero-order valence-corrected chi connectivity index (χ0v) is 8.02. The largest absolute Gasteiger partial charge is 0.349 e. The first-order valence-corrected chi connectivity index (χ1v) is 4.28. The molecule has 1 N–H and O–H groups in total. The third kappa shape index (κ3) is 7.25. The van der Waals surface area contributed by atoms with Gasteiger partial charge in [-0.3, -0.25) is 9.59 Å². The number of amides is 1. The van der Waals surface area contributed by atoms with Crippen LogP contribution in [0.15, 0.2) is 0 Å². The molecule has 0 aliphatic carbocycles. The highest BCUT2D eigenvalue weighted by atomic mass is 16.2. The van der Waals surface area contributed by atoms with Gasteiger partial charge in [0.05, 0.1) is 6.54 Å². The molecule has 0 aromatic rings. The summed E-state index contributed by atoms with van der Waals surface area (Å²) in [6.45, 7) is 5.75. The number of ketones is 1. The van der Waals surface area contributed by atoms with E-state index in [0.717, 1.165) is 6.42 Å². The van der Waals surface area contributed by atoms with Gasteiger partial charge in [0.25, 0.3) is 0 Å². The molecule has 0 heterocycles. The molecule has 0 saturated carbocycles. The molecule has 0 aliphatic heterocycles. The minimum atomic E-state index is -0.145. The smallest absolute Gasteiger partial charge is 0.217 e. The molecule has 0 aromatic carbocycles. The summed E-state index contributed by atoms with van der Waals surface area (Å²) >= 11 is 0. The van der Waals surface area contributed by atoms with Crippen LogP contribution in [0, 0.1) is 5.92 Å². The summed E-state index contributed by atoms with van der Waals surface area (Å²) in [4.78, 5) is 21.5. The number of nitrogens with one attached hydrogen (secondary N) is 1. The molecule has 0 atom stereocenters. The SMILES string of the molecule is CC(=O)NCC(=O)CCC(C)C. The van der Waals surface area contributed by atoms with Crippen molar-refractivity contribution in [3.05, 3.63) is 0 Å². The van der Waals surface area contributed by atoms with E-state index >= 15 is 0 Å². The fraction of sp³-hybridized carbons (Fsp3) is 0.778. The summed E-state index contributed by atoms with van der Waals surface area (Å²) in [6.07, 6.45) is 1.47. The van der Waals surface area contributed by atoms with Gasteiger partial charge in [-0.2, -0.15) is 0 Å². The molecule has 0 radical (unpaired) electrons. The molecule has 3 heteroatoms. The Labute approximate surface area is 73.5 Å². The summed E-state index contributed by atoms with van der Waals surface area (Å²) in [6, 6.07) is 0. The van der Waals surface area contributed by atoms with Crippen molar-refractivity contribution in [1.29, 1.82) is 0 Å². The van der Waals surface area contributed by atoms with Gasteiger partial charge < -0.3 is 5.32 Å². The van der Waals surface area contributed by atoms with Gasteiger partial charge in [0, 0.05) is 13.3 Å². The maximum absolute atomic E-state index is 11.0. The lowest BCUT2D eigenvalue weighted by molar-refractivity contribution is -0.124. The zero-order valence-electron chi connectivity index (χ0n) is 8.02. The fourth-order valence-electron chi connectivity index (χ4n) is 0.761. The summed E-state index contributed by atoms with van der Waals surface area (Å²) in [5.41, 5.74) is 0. The Hall–Kier alpha value is -0.860. The summed E-state index contributed by atoms with van der Waals surface area (Å²) in [5.74, 6) is 0.512. The Morgan fingerprint density at radius 3 is 2.33 bits per heavy atom. The Morgan fingerprint density at radius 1 is 1.33 bits per heavy atom. The molecule has 0 fully saturated rings. The van der Waals surface area contributed by atoms with E-state index < -0.39 is 0 Å². The van der Waals surface area contributed by atoms with Crippen LogP contribution in [0.4, 0.5) is 0 Å². The van der Waals surface area contributed by atoms with Crippen LogP contribution in [0.2, 0.25) is 0 Å². The zero-order chi connectivity index (χ0) is 9.56. The molecule has 0 unspecified atom stereocenters. The van der Waals surface area contributed by atoms with Crippen LogP contribution in [0.25, 0.3) is 0 Å². The van der Waals surface area contributed by atoms with Crippen LogP contribution in [0.5, 0.6) is 0 Å². The Balaban J connectivity index is 3.40. The molecule has 0 rings (SSSR count). The first-order valence-electron chi connectivity index (χ1n) is 4.28. The van der Waals surface area contributed by atoms with Gasteiger partial charge in [0.2, 0.25) is 5.91 Å². The molecular weight excluding hydrogens is 154 g/mol. The van der Waals surface area contributed by atoms with E-state index in [2.05, 4.69) is 19.2 Å². The third-order valence-corrected chi connectivity index (χ3v) is 1.54. The molecular formula is C9H17NO2. The summed E-state index contributed by atoms with van der Waals surface area (Å²) in [5, 5.41) is 2.48. The third-order valence-electron chi connectivity index (χ3n) is 1.54. The van der Waals surface area contributed by atoms with Crippen LogP contribution in [0.1, 0.15) is 33.6 Å². The van der Waals surface area contributed by atoms with E-state index in [4.69, 9.17) is 0 Å². The van der Waals surface area contributed by atoms with E-state index in [1.807, 2.05) is 0 Å². The molecule has 0 spiro atoms. The molecule has 3 nitrogen and oxygen atoms in total. The Kier molecular flexibility index (Phi) is 5.34. The number of Topliss-reactive ketones (excluding diaryl/α,β-unsaturated/α-hetero) is 1. The Bertz CT molecular complexity index is 164. The van der Waals surface area contributed by atoms with Crippen molar-refractivity contribution < 1.29 is 9.59 Å². The quantitative estimate of drug-likeness (QED) is 0.674. The van der Waals surface area contributed by atoms with Crippen molar-refractivity contribution in [2.75, 3.05) is 6.54 Å². The number of carbonyl (C=O) groups is 2. The second-order valence-corrected chi connectivity index (χ2v) is 3.38. The monoisotopic (exact) mass is 171 g/mol. The van der Waals surface area contributed by atoms with Crippen molar-refractivity contribution in [2.24, 2.45) is 5.92 Å². The number of hydrogen-bond acceptors (Lipinski definition) is 2. The lowest BCUT2D eigenvalue weighted by Crippen LogP contribution is -2.27. The van der Waals surface area contributed by atoms with Gasteiger partial charge in [0.15, 0.2) is 5.78 Å². The molecule has 12 heavy (non-hydrogen) atoms. The molecule has 70 valence electrons. The average Bonchev–Trinajstić information content (AvgIpc) is 1.96. The van der Waals surface area contributed by atoms with Crippen molar-refractivity contribution in [2.45, 2.75) is 33.6 Å². The van der Waals surface area contributed by atoms with Crippen LogP contribution in [-0.4, -0.2) is 18.2 Å². The maximum atomic E-state index is 11.0. The molecule has 0 aromatic heterocycles. The lowest BCUT2D eigenvalue weighted by Gasteiger charge is -2.03. The van der Waals surface area contributed by atoms with E-state index in [0.29, 0.717) is 12.3 Å². The van der Waals surface area contributed by atoms with Crippen LogP contribution in [-0.2, 0) is 9.59 Å². The van der Waals surface area contributed by atoms with Crippen molar-refractivity contribution in [3.8, 4) is 0 Å². The molecule has 0 aliphatic rings. The van der Waals surface area contributed by atoms with Crippen LogP contribution >= 0.6 is 0 Å². The Morgan fingerprint density at radius 2 is 1.92 bits per heavy atom. The van der Waals surface area contributed by atoms with Crippen LogP contribution < -0.4 is 5.32 Å². The minimum absolute atomic E-state index is 0.110. The van der Waals surface area contributed by atoms with Crippen molar-refractivity contribution in [3.63, 3.8) is 0 Å². The van der Waals surface area contributed by atoms with Crippen molar-refractivity contribution >= 4 is 11.7 Å². The predicted octanol–water partition coefficient (Wildman–Crippen LogP) is 1.13. The van der Waals surface area contributed by atoms with E-state index in [1.165, 1.54) is 6.92 Å². The lowest BCUT2D eigenvalue weighted by atomic mass is 10.1. The van der Waals surface area contributed by atoms with Crippen LogP contribution in [0.3, 0.4) is 0 Å². The molecule has 1 amide bonds. The molecule has 0 saturated heterocycles. The first-order chi connectivity index (χ1) is 5.52. The maximum Gasteiger partial charge on any atom is 0.217 e. The highest BCUT2D eigenvalue weighted by molar-refractivity contribution is 5.85. The van der Waals surface area contributed by atoms with E-state index in [9.17, 15) is 9.59 Å². The molecule has 0 bridgehead atoms. The number of rotatable bonds is 5. The highest BCUT2D eigenvalue weighted by Crippen LogP contribution is 2.02. The predicted molar refractivity (Wildman–Crippen MR) is 47.8 cm³/mol. The standard InChI is InChI=1S/C9H17NO2/c1-7(2)4-5-9(12)6-10-8(3)11/h7H,4-6H2,1-3H3,(H,10,11). The van der Waals surface area contributed by atoms with Gasteiger partial charge in [-0.25, -0.2) is 0 Å². The normalized spacial score (nSPS) is 10.0. The van der Waals surface area contributed by atoms with E-state index in [-0.39, 0.29) is 18.2 Å². The number of carbonyl (C=O) groups excluding carboxylic acids is 2. The summed E-state index contributed by atoms with van der Waals surface area (Å²) in [7, 11) is 0. The fourth-order valence-corrected chi connectivity index (χ4v) is 0.761. The second-order valence-electron chi connectivity index (χ2n) is 3.38. The second kappa shape index (κ2) is 5.75. The van der Waals surface area contributed by atoms with Gasteiger partial charge >= 0.3 is 0 Å². The van der Waals surface area contributed by atoms with E-state index in [1.54, 1.807) is 0 Å². The average molecular weight is 171 g/mol. The van der Waals surface area contributed by atoms with Gasteiger partial charge in [-0.1, -0.05) is 13.8 Å². The van der Waals surface area contributed by atoms with Gasteiger partial charge in [-0.15, -0.1) is 0 Å². The highest BCUT2D eigenvalue weighted by Gasteiger charge is 2.03. The first kappa shape index (κ1) is 11.1. The van der Waals surface area contributed by atoms with Crippen molar-refractivity contribution in [1.82, 2.24) is 5.32 Å².